The van der Waals surface area contributed by atoms with Gasteiger partial charge >= 0.3 is 5.97 Å². The number of methoxy groups -OCH3 is 1. The molecule has 0 bridgehead atoms. The van der Waals surface area contributed by atoms with E-state index in [0.717, 1.165) is 42.6 Å². The van der Waals surface area contributed by atoms with E-state index >= 15 is 0 Å². The Labute approximate surface area is 223 Å². The Morgan fingerprint density at radius 2 is 1.92 bits per heavy atom. The summed E-state index contributed by atoms with van der Waals surface area (Å²) in [4.78, 5) is 25.5. The number of aliphatic hydroxyl groups is 1. The summed E-state index contributed by atoms with van der Waals surface area (Å²) in [6.45, 7) is 2.48. The van der Waals surface area contributed by atoms with Crippen LogP contribution in [0.5, 0.6) is 0 Å². The number of rotatable bonds is 12. The van der Waals surface area contributed by atoms with Gasteiger partial charge in [-0.05, 0) is 49.1 Å². The number of benzene rings is 2. The van der Waals surface area contributed by atoms with Crippen LogP contribution in [0.1, 0.15) is 67.6 Å². The maximum Gasteiger partial charge on any atom is 0.303 e. The fourth-order valence-corrected chi connectivity index (χ4v) is 5.20. The number of nitrogens with one attached hydrogen (secondary N) is 1. The van der Waals surface area contributed by atoms with E-state index in [0.29, 0.717) is 24.8 Å². The zero-order valence-electron chi connectivity index (χ0n) is 21.9. The van der Waals surface area contributed by atoms with Crippen LogP contribution in [0.4, 0.5) is 5.69 Å². The van der Waals surface area contributed by atoms with Gasteiger partial charge in [0.15, 0.2) is 6.29 Å². The second-order valence-corrected chi connectivity index (χ2v) is 10.0. The number of nitrogens with zero attached hydrogens (tertiary/aromatic N) is 1. The number of ether oxygens (including phenoxy) is 3. The summed E-state index contributed by atoms with van der Waals surface area (Å²) < 4.78 is 18.4. The fourth-order valence-electron chi connectivity index (χ4n) is 5.20. The first kappa shape index (κ1) is 28.2. The van der Waals surface area contributed by atoms with Gasteiger partial charge in [-0.2, -0.15) is 0 Å². The lowest BCUT2D eigenvalue weighted by Crippen LogP contribution is -2.42. The molecule has 4 atom stereocenters. The number of aliphatic hydroxyl groups excluding tert-OH is 1. The third kappa shape index (κ3) is 7.85. The summed E-state index contributed by atoms with van der Waals surface area (Å²) in [5, 5.41) is 21.1. The van der Waals surface area contributed by atoms with Gasteiger partial charge in [0.05, 0.1) is 25.4 Å². The van der Waals surface area contributed by atoms with Crippen molar-refractivity contribution in [2.75, 3.05) is 32.1 Å². The Morgan fingerprint density at radius 3 is 2.66 bits per heavy atom. The highest BCUT2D eigenvalue weighted by Gasteiger charge is 2.35. The summed E-state index contributed by atoms with van der Waals surface area (Å²) in [7, 11) is 1.74. The Hall–Kier alpha value is -2.82. The number of hydrogen-bond donors (Lipinski definition) is 3. The van der Waals surface area contributed by atoms with E-state index in [9.17, 15) is 14.7 Å². The van der Waals surface area contributed by atoms with Crippen LogP contribution >= 0.6 is 0 Å². The Morgan fingerprint density at radius 1 is 1.11 bits per heavy atom. The molecule has 9 nitrogen and oxygen atoms in total. The number of carbonyl (C=O) groups excluding carboxylic acids is 1. The zero-order chi connectivity index (χ0) is 26.9. The predicted molar refractivity (Wildman–Crippen MR) is 141 cm³/mol. The minimum Gasteiger partial charge on any atom is -0.481 e. The molecule has 2 aromatic rings. The van der Waals surface area contributed by atoms with E-state index in [2.05, 4.69) is 10.2 Å². The minimum atomic E-state index is -0.913. The first-order chi connectivity index (χ1) is 18.4. The second kappa shape index (κ2) is 13.8. The van der Waals surface area contributed by atoms with Crippen molar-refractivity contribution in [1.29, 1.82) is 0 Å². The zero-order valence-corrected chi connectivity index (χ0v) is 21.9. The van der Waals surface area contributed by atoms with Gasteiger partial charge in [0.25, 0.3) is 0 Å². The van der Waals surface area contributed by atoms with E-state index in [-0.39, 0.29) is 44.0 Å². The van der Waals surface area contributed by atoms with Crippen LogP contribution in [0.15, 0.2) is 48.5 Å². The van der Waals surface area contributed by atoms with Crippen LogP contribution in [0.2, 0.25) is 0 Å². The summed E-state index contributed by atoms with van der Waals surface area (Å²) in [5.41, 5.74) is 3.28. The molecule has 1 amide bonds. The lowest BCUT2D eigenvalue weighted by Gasteiger charge is -2.39. The molecule has 0 spiro atoms. The Bertz CT molecular complexity index is 1060. The van der Waals surface area contributed by atoms with Crippen molar-refractivity contribution >= 4 is 17.6 Å². The molecule has 2 heterocycles. The molecule has 2 aliphatic rings. The van der Waals surface area contributed by atoms with Crippen LogP contribution in [0.25, 0.3) is 0 Å². The lowest BCUT2D eigenvalue weighted by molar-refractivity contribution is -0.253. The number of hydrogen-bond acceptors (Lipinski definition) is 7. The molecule has 4 rings (SSSR count). The average Bonchev–Trinajstić information content (AvgIpc) is 3.35. The van der Waals surface area contributed by atoms with E-state index < -0.39 is 12.3 Å². The molecule has 9 heteroatoms. The lowest BCUT2D eigenvalue weighted by atomic mass is 9.99. The Balaban J connectivity index is 1.49. The smallest absolute Gasteiger partial charge is 0.303 e. The van der Waals surface area contributed by atoms with E-state index in [1.54, 1.807) is 13.2 Å². The standard InChI is InChI=1S/C29H38N2O7/c1-36-19-24-7-4-14-31(24)17-25-16-26(21-12-10-20(18-32)11-13-21)38-29(37-25)22-5-2-6-23(15-22)30-27(33)8-3-9-28(34)35/h2,5-6,10-13,15,24-26,29,32H,3-4,7-9,14,16-19H2,1H3,(H,30,33)(H,34,35)/t24-,25+,26-,29-/m0/s1. The van der Waals surface area contributed by atoms with Crippen molar-refractivity contribution in [1.82, 2.24) is 4.90 Å². The molecule has 0 aliphatic carbocycles. The minimum absolute atomic E-state index is 0.00909. The molecule has 2 aromatic carbocycles. The number of amides is 1. The fraction of sp³-hybridized carbons (Fsp3) is 0.517. The monoisotopic (exact) mass is 526 g/mol. The summed E-state index contributed by atoms with van der Waals surface area (Å²) in [6.07, 6.45) is 2.46. The van der Waals surface area contributed by atoms with Gasteiger partial charge < -0.3 is 29.7 Å². The van der Waals surface area contributed by atoms with Gasteiger partial charge in [0.2, 0.25) is 5.91 Å². The SMILES string of the molecule is COC[C@@H]1CCCN1C[C@H]1C[C@@H](c2ccc(CO)cc2)O[C@@H](c2cccc(NC(=O)CCCC(=O)O)c2)O1. The van der Waals surface area contributed by atoms with Crippen molar-refractivity contribution in [3.63, 3.8) is 0 Å². The predicted octanol–water partition coefficient (Wildman–Crippen LogP) is 4.03. The number of carboxylic acids is 1. The van der Waals surface area contributed by atoms with Crippen LogP contribution in [-0.2, 0) is 30.4 Å². The topological polar surface area (TPSA) is 118 Å². The first-order valence-electron chi connectivity index (χ1n) is 13.3. The summed E-state index contributed by atoms with van der Waals surface area (Å²) in [6, 6.07) is 15.6. The first-order valence-corrected chi connectivity index (χ1v) is 13.3. The van der Waals surface area contributed by atoms with Crippen LogP contribution in [0.3, 0.4) is 0 Å². The van der Waals surface area contributed by atoms with Crippen molar-refractivity contribution in [3.05, 3.63) is 65.2 Å². The van der Waals surface area contributed by atoms with Gasteiger partial charge in [0.1, 0.15) is 0 Å². The molecule has 38 heavy (non-hydrogen) atoms. The van der Waals surface area contributed by atoms with Crippen molar-refractivity contribution in [2.45, 2.75) is 69.7 Å². The highest BCUT2D eigenvalue weighted by molar-refractivity contribution is 5.90. The van der Waals surface area contributed by atoms with Crippen LogP contribution in [-0.4, -0.2) is 65.9 Å². The number of carboxylic acid groups (broad SMARTS) is 1. The number of anilines is 1. The van der Waals surface area contributed by atoms with E-state index in [1.807, 2.05) is 42.5 Å². The molecular weight excluding hydrogens is 488 g/mol. The number of carbonyl (C=O) groups is 2. The second-order valence-electron chi connectivity index (χ2n) is 10.0. The molecule has 206 valence electrons. The van der Waals surface area contributed by atoms with Crippen molar-refractivity contribution in [2.24, 2.45) is 0 Å². The van der Waals surface area contributed by atoms with E-state index in [4.69, 9.17) is 19.3 Å². The Kier molecular flexibility index (Phi) is 10.3. The highest BCUT2D eigenvalue weighted by Crippen LogP contribution is 2.39. The third-order valence-corrected chi connectivity index (χ3v) is 7.15. The molecule has 3 N–H and O–H groups in total. The molecule has 0 saturated carbocycles. The van der Waals surface area contributed by atoms with Gasteiger partial charge in [0, 0.05) is 50.2 Å². The maximum absolute atomic E-state index is 12.3. The van der Waals surface area contributed by atoms with Crippen molar-refractivity contribution < 1.29 is 34.0 Å². The van der Waals surface area contributed by atoms with Crippen molar-refractivity contribution in [3.8, 4) is 0 Å². The highest BCUT2D eigenvalue weighted by atomic mass is 16.7. The van der Waals surface area contributed by atoms with E-state index in [1.165, 1.54) is 0 Å². The molecule has 2 fully saturated rings. The quantitative estimate of drug-likeness (QED) is 0.380. The summed E-state index contributed by atoms with van der Waals surface area (Å²) in [5.74, 6) is -1.14. The largest absolute Gasteiger partial charge is 0.481 e. The molecular formula is C29H38N2O7. The molecule has 0 unspecified atom stereocenters. The number of aliphatic carboxylic acids is 1. The van der Waals surface area contributed by atoms with Gasteiger partial charge in [-0.1, -0.05) is 36.4 Å². The van der Waals surface area contributed by atoms with Gasteiger partial charge in [-0.25, -0.2) is 0 Å². The molecule has 0 radical (unpaired) electrons. The summed E-state index contributed by atoms with van der Waals surface area (Å²) >= 11 is 0. The molecule has 0 aromatic heterocycles. The molecule has 2 aliphatic heterocycles. The van der Waals surface area contributed by atoms with Gasteiger partial charge in [-0.3, -0.25) is 14.5 Å². The van der Waals surface area contributed by atoms with Crippen LogP contribution < -0.4 is 5.32 Å². The van der Waals surface area contributed by atoms with Gasteiger partial charge in [-0.15, -0.1) is 0 Å². The maximum atomic E-state index is 12.3. The number of likely N-dealkylation sites (tertiary alicyclic amines) is 1. The normalized spacial score (nSPS) is 23.8. The van der Waals surface area contributed by atoms with Crippen LogP contribution in [0, 0.1) is 0 Å². The molecule has 2 saturated heterocycles. The average molecular weight is 527 g/mol. The third-order valence-electron chi connectivity index (χ3n) is 7.15.